The lowest BCUT2D eigenvalue weighted by Crippen LogP contribution is -1.91. The molecule has 4 rings (SSSR count). The number of nitro benzene ring substituents is 1. The van der Waals surface area contributed by atoms with Crippen LogP contribution in [0, 0.1) is 10.1 Å². The van der Waals surface area contributed by atoms with Crippen LogP contribution in [-0.2, 0) is 0 Å². The molecule has 0 spiro atoms. The molecule has 0 aliphatic heterocycles. The van der Waals surface area contributed by atoms with Gasteiger partial charge < -0.3 is 9.52 Å². The lowest BCUT2D eigenvalue weighted by Gasteiger charge is -2.02. The van der Waals surface area contributed by atoms with E-state index in [1.54, 1.807) is 36.4 Å². The summed E-state index contributed by atoms with van der Waals surface area (Å²) in [5, 5.41) is 22.1. The molecule has 0 amide bonds. The number of phenolic OH excluding ortho intramolecular Hbond substituents is 1. The fourth-order valence-corrected chi connectivity index (χ4v) is 3.68. The molecular weight excluding hydrogens is 497 g/mol. The normalized spacial score (nSPS) is 11.4. The van der Waals surface area contributed by atoms with Crippen molar-refractivity contribution >= 4 is 67.8 Å². The quantitative estimate of drug-likeness (QED) is 0.183. The molecule has 0 bridgehead atoms. The first-order chi connectivity index (χ1) is 14.3. The largest absolute Gasteiger partial charge is 0.506 e. The van der Waals surface area contributed by atoms with Crippen LogP contribution >= 0.6 is 39.1 Å². The zero-order valence-corrected chi connectivity index (χ0v) is 17.9. The third kappa shape index (κ3) is 4.02. The summed E-state index contributed by atoms with van der Waals surface area (Å²) >= 11 is 15.2. The minimum atomic E-state index is -0.549. The Morgan fingerprint density at radius 3 is 2.70 bits per heavy atom. The highest BCUT2D eigenvalue weighted by Crippen LogP contribution is 2.34. The van der Waals surface area contributed by atoms with Crippen molar-refractivity contribution in [1.82, 2.24) is 4.98 Å². The average Bonchev–Trinajstić information content (AvgIpc) is 3.11. The Morgan fingerprint density at radius 1 is 1.17 bits per heavy atom. The van der Waals surface area contributed by atoms with E-state index in [4.69, 9.17) is 27.6 Å². The minimum Gasteiger partial charge on any atom is -0.506 e. The third-order valence-electron chi connectivity index (χ3n) is 4.17. The number of halogens is 3. The Balaban J connectivity index is 1.69. The SMILES string of the molecule is O=[N+]([O-])c1cc(Br)c(O)c(C=Nc2ccc3oc(-c4ccc(Cl)cc4Cl)nc3c2)c1. The number of nitrogens with zero attached hydrogens (tertiary/aromatic N) is 3. The molecule has 1 heterocycles. The van der Waals surface area contributed by atoms with Gasteiger partial charge in [0, 0.05) is 28.9 Å². The van der Waals surface area contributed by atoms with E-state index < -0.39 is 4.92 Å². The Hall–Kier alpha value is -2.94. The summed E-state index contributed by atoms with van der Waals surface area (Å²) in [6, 6.07) is 12.6. The van der Waals surface area contributed by atoms with Crippen molar-refractivity contribution < 1.29 is 14.4 Å². The van der Waals surface area contributed by atoms with E-state index in [2.05, 4.69) is 25.9 Å². The van der Waals surface area contributed by atoms with Crippen molar-refractivity contribution in [2.24, 2.45) is 4.99 Å². The van der Waals surface area contributed by atoms with E-state index >= 15 is 0 Å². The summed E-state index contributed by atoms with van der Waals surface area (Å²) in [6.45, 7) is 0. The predicted octanol–water partition coefficient (Wildman–Crippen LogP) is 6.93. The minimum absolute atomic E-state index is 0.147. The Morgan fingerprint density at radius 2 is 1.97 bits per heavy atom. The Labute approximate surface area is 187 Å². The van der Waals surface area contributed by atoms with Gasteiger partial charge in [-0.1, -0.05) is 23.2 Å². The predicted molar refractivity (Wildman–Crippen MR) is 119 cm³/mol. The molecule has 30 heavy (non-hydrogen) atoms. The Kier molecular flexibility index (Phi) is 5.46. The third-order valence-corrected chi connectivity index (χ3v) is 5.33. The van der Waals surface area contributed by atoms with Crippen LogP contribution in [-0.4, -0.2) is 21.2 Å². The van der Waals surface area contributed by atoms with Crippen molar-refractivity contribution in [2.75, 3.05) is 0 Å². The van der Waals surface area contributed by atoms with Crippen LogP contribution in [0.4, 0.5) is 11.4 Å². The fourth-order valence-electron chi connectivity index (χ4n) is 2.73. The molecule has 1 N–H and O–H groups in total. The van der Waals surface area contributed by atoms with Gasteiger partial charge in [0.05, 0.1) is 25.7 Å². The molecule has 0 saturated carbocycles. The number of hydrogen-bond acceptors (Lipinski definition) is 6. The summed E-state index contributed by atoms with van der Waals surface area (Å²) in [6.07, 6.45) is 1.34. The van der Waals surface area contributed by atoms with Gasteiger partial charge in [-0.05, 0) is 52.3 Å². The molecule has 150 valence electrons. The van der Waals surface area contributed by atoms with Gasteiger partial charge in [0.1, 0.15) is 11.3 Å². The molecule has 0 saturated heterocycles. The highest BCUT2D eigenvalue weighted by atomic mass is 79.9. The maximum Gasteiger partial charge on any atom is 0.271 e. The molecule has 7 nitrogen and oxygen atoms in total. The van der Waals surface area contributed by atoms with Crippen LogP contribution < -0.4 is 0 Å². The van der Waals surface area contributed by atoms with Gasteiger partial charge in [-0.15, -0.1) is 0 Å². The number of rotatable bonds is 4. The second-order valence-electron chi connectivity index (χ2n) is 6.18. The van der Waals surface area contributed by atoms with Gasteiger partial charge in [0.2, 0.25) is 5.89 Å². The van der Waals surface area contributed by atoms with Crippen LogP contribution in [0.25, 0.3) is 22.6 Å². The first-order valence-electron chi connectivity index (χ1n) is 8.39. The topological polar surface area (TPSA) is 102 Å². The molecule has 0 aliphatic rings. The van der Waals surface area contributed by atoms with Crippen molar-refractivity contribution in [3.63, 3.8) is 0 Å². The molecule has 0 aliphatic carbocycles. The molecule has 0 fully saturated rings. The summed E-state index contributed by atoms with van der Waals surface area (Å²) in [4.78, 5) is 19.2. The number of benzene rings is 3. The van der Waals surface area contributed by atoms with Gasteiger partial charge in [0.25, 0.3) is 5.69 Å². The van der Waals surface area contributed by atoms with E-state index in [1.807, 2.05) is 0 Å². The Bertz CT molecular complexity index is 1340. The van der Waals surface area contributed by atoms with E-state index in [1.165, 1.54) is 18.3 Å². The molecule has 0 atom stereocenters. The number of aromatic nitrogens is 1. The smallest absolute Gasteiger partial charge is 0.271 e. The number of phenols is 1. The summed E-state index contributed by atoms with van der Waals surface area (Å²) in [5.74, 6) is 0.194. The molecule has 4 aromatic rings. The number of oxazole rings is 1. The summed E-state index contributed by atoms with van der Waals surface area (Å²) in [5.41, 5.74) is 2.24. The zero-order valence-electron chi connectivity index (χ0n) is 14.8. The molecule has 1 aromatic heterocycles. The van der Waals surface area contributed by atoms with Crippen molar-refractivity contribution in [2.45, 2.75) is 0 Å². The van der Waals surface area contributed by atoms with Crippen LogP contribution in [0.5, 0.6) is 5.75 Å². The molecule has 0 unspecified atom stereocenters. The van der Waals surface area contributed by atoms with Crippen molar-refractivity contribution in [1.29, 1.82) is 0 Å². The summed E-state index contributed by atoms with van der Waals surface area (Å²) in [7, 11) is 0. The highest BCUT2D eigenvalue weighted by molar-refractivity contribution is 9.10. The van der Waals surface area contributed by atoms with Crippen LogP contribution in [0.2, 0.25) is 10.0 Å². The first kappa shape index (κ1) is 20.3. The van der Waals surface area contributed by atoms with E-state index in [0.717, 1.165) is 0 Å². The van der Waals surface area contributed by atoms with Gasteiger partial charge in [-0.2, -0.15) is 0 Å². The van der Waals surface area contributed by atoms with E-state index in [-0.39, 0.29) is 21.5 Å². The highest BCUT2D eigenvalue weighted by Gasteiger charge is 2.14. The number of aromatic hydroxyl groups is 1. The number of hydrogen-bond donors (Lipinski definition) is 1. The molecular formula is C20H10BrCl2N3O4. The number of nitro groups is 1. The molecule has 3 aromatic carbocycles. The second-order valence-corrected chi connectivity index (χ2v) is 7.87. The van der Waals surface area contributed by atoms with Crippen LogP contribution in [0.3, 0.4) is 0 Å². The molecule has 0 radical (unpaired) electrons. The first-order valence-corrected chi connectivity index (χ1v) is 9.93. The lowest BCUT2D eigenvalue weighted by atomic mass is 10.2. The fraction of sp³-hybridized carbons (Fsp3) is 0. The van der Waals surface area contributed by atoms with Gasteiger partial charge in [0.15, 0.2) is 5.58 Å². The van der Waals surface area contributed by atoms with Crippen molar-refractivity contribution in [3.8, 4) is 17.2 Å². The number of aliphatic imine (C=N–C) groups is 1. The lowest BCUT2D eigenvalue weighted by molar-refractivity contribution is -0.385. The van der Waals surface area contributed by atoms with Crippen LogP contribution in [0.1, 0.15) is 5.56 Å². The standard InChI is InChI=1S/C20H10BrCl2N3O4/c21-15-8-13(26(28)29)5-10(19(15)27)9-24-12-2-4-18-17(7-12)25-20(30-18)14-3-1-11(22)6-16(14)23/h1-9,27H. The van der Waals surface area contributed by atoms with Crippen molar-refractivity contribution in [3.05, 3.63) is 78.7 Å². The number of fused-ring (bicyclic) bond motifs is 1. The maximum atomic E-state index is 11.0. The average molecular weight is 507 g/mol. The number of non-ortho nitro benzene ring substituents is 1. The molecule has 10 heteroatoms. The monoisotopic (exact) mass is 505 g/mol. The summed E-state index contributed by atoms with van der Waals surface area (Å²) < 4.78 is 5.96. The maximum absolute atomic E-state index is 11.0. The van der Waals surface area contributed by atoms with Gasteiger partial charge >= 0.3 is 0 Å². The van der Waals surface area contributed by atoms with E-state index in [0.29, 0.717) is 38.3 Å². The zero-order chi connectivity index (χ0) is 21.4. The van der Waals surface area contributed by atoms with Gasteiger partial charge in [-0.25, -0.2) is 4.98 Å². The van der Waals surface area contributed by atoms with E-state index in [9.17, 15) is 15.2 Å². The second kappa shape index (κ2) is 8.06. The van der Waals surface area contributed by atoms with Gasteiger partial charge in [-0.3, -0.25) is 15.1 Å². The van der Waals surface area contributed by atoms with Crippen LogP contribution in [0.15, 0.2) is 62.4 Å².